The number of rotatable bonds is 5. The topological polar surface area (TPSA) is 68.3 Å². The molecule has 9 heteroatoms. The molecule has 0 amide bonds. The van der Waals surface area contributed by atoms with Gasteiger partial charge in [0.05, 0.1) is 10.4 Å². The number of hydrogen-bond donors (Lipinski definition) is 0. The average Bonchev–Trinajstić information content (AvgIpc) is 3.46. The van der Waals surface area contributed by atoms with E-state index in [1.165, 1.54) is 59.9 Å². The van der Waals surface area contributed by atoms with E-state index in [0.29, 0.717) is 28.2 Å². The van der Waals surface area contributed by atoms with Crippen molar-refractivity contribution in [2.75, 3.05) is 0 Å². The van der Waals surface area contributed by atoms with Gasteiger partial charge in [-0.05, 0) is 156 Å². The number of hydrogen-bond acceptors (Lipinski definition) is 8. The van der Waals surface area contributed by atoms with Gasteiger partial charge in [-0.3, -0.25) is 19.2 Å². The van der Waals surface area contributed by atoms with Crippen molar-refractivity contribution in [2.24, 2.45) is 0 Å². The fourth-order valence-electron chi connectivity index (χ4n) is 10.5. The van der Waals surface area contributed by atoms with Crippen molar-refractivity contribution in [3.05, 3.63) is 231 Å². The Morgan fingerprint density at radius 2 is 0.922 bits per heavy atom. The first-order valence-corrected chi connectivity index (χ1v) is 30.5. The van der Waals surface area contributed by atoms with Crippen LogP contribution in [-0.2, 0) is 12.8 Å². The van der Waals surface area contributed by atoms with Gasteiger partial charge < -0.3 is 0 Å². The quantitative estimate of drug-likeness (QED) is 0.161. The van der Waals surface area contributed by atoms with Crippen molar-refractivity contribution >= 4 is 138 Å². The first-order valence-electron chi connectivity index (χ1n) is 26.9. The molecule has 1 aliphatic carbocycles. The lowest BCUT2D eigenvalue weighted by Crippen LogP contribution is -2.06. The highest BCUT2D eigenvalue weighted by Crippen LogP contribution is 2.37. The predicted molar refractivity (Wildman–Crippen MR) is 340 cm³/mol. The maximum atomic E-state index is 12.7. The van der Waals surface area contributed by atoms with Gasteiger partial charge in [-0.1, -0.05) is 145 Å². The van der Waals surface area contributed by atoms with Crippen molar-refractivity contribution in [1.29, 1.82) is 0 Å². The summed E-state index contributed by atoms with van der Waals surface area (Å²) in [6.45, 7) is 12.9. The zero-order valence-electron chi connectivity index (χ0n) is 44.3. The fourth-order valence-corrected chi connectivity index (χ4v) is 15.5. The summed E-state index contributed by atoms with van der Waals surface area (Å²) in [7, 11) is 0. The third-order valence-corrected chi connectivity index (χ3v) is 20.0. The van der Waals surface area contributed by atoms with Crippen LogP contribution in [0.2, 0.25) is 5.02 Å². The monoisotopic (exact) mass is 1100 g/mol. The molecule has 77 heavy (non-hydrogen) atoms. The van der Waals surface area contributed by atoms with E-state index in [1.807, 2.05) is 115 Å². The van der Waals surface area contributed by atoms with E-state index >= 15 is 0 Å². The first kappa shape index (κ1) is 54.0. The fraction of sp³-hybridized carbons (Fsp3) is 0.235. The van der Waals surface area contributed by atoms with Crippen molar-refractivity contribution in [1.82, 2.24) is 0 Å². The maximum Gasteiger partial charge on any atom is 0.197 e. The molecule has 12 aromatic rings. The van der Waals surface area contributed by atoms with Crippen molar-refractivity contribution in [2.45, 2.75) is 104 Å². The summed E-state index contributed by atoms with van der Waals surface area (Å²) in [5.41, 5.74) is 6.88. The van der Waals surface area contributed by atoms with Crippen LogP contribution in [0.15, 0.2) is 177 Å². The largest absolute Gasteiger partial charge is 0.289 e. The van der Waals surface area contributed by atoms with Gasteiger partial charge in [-0.15, -0.1) is 45.3 Å². The minimum Gasteiger partial charge on any atom is -0.289 e. The summed E-state index contributed by atoms with van der Waals surface area (Å²) in [5, 5.41) is 7.14. The van der Waals surface area contributed by atoms with Crippen LogP contribution in [0, 0.1) is 0 Å². The molecule has 0 bridgehead atoms. The van der Waals surface area contributed by atoms with Crippen LogP contribution in [0.5, 0.6) is 0 Å². The van der Waals surface area contributed by atoms with Crippen LogP contribution in [0.1, 0.15) is 119 Å². The highest BCUT2D eigenvalue weighted by Gasteiger charge is 2.18. The summed E-state index contributed by atoms with van der Waals surface area (Å²) in [6.07, 6.45) is 8.51. The molecule has 1 fully saturated rings. The molecule has 8 aromatic carbocycles. The molecule has 1 aliphatic rings. The van der Waals surface area contributed by atoms with Crippen LogP contribution in [0.3, 0.4) is 0 Å². The SMILES string of the molecule is CC(C)c1ccc(Cl)c2c(=O)c3ccccc3sc12.CC(C)c1ccc2sc3ccccc3c(=O)c2c1.CCc1cc(CC)c2sc3ccccc3c(=O)c2c1.O=c1c2ccccc2sc2ccc(C3CCCCC3)cc12. The Morgan fingerprint density at radius 1 is 0.442 bits per heavy atom. The minimum absolute atomic E-state index is 0.0388. The van der Waals surface area contributed by atoms with Gasteiger partial charge in [0.25, 0.3) is 0 Å². The van der Waals surface area contributed by atoms with Gasteiger partial charge >= 0.3 is 0 Å². The zero-order valence-corrected chi connectivity index (χ0v) is 48.4. The second-order valence-corrected chi connectivity index (χ2v) is 25.2. The van der Waals surface area contributed by atoms with Crippen molar-refractivity contribution < 1.29 is 0 Å². The molecule has 388 valence electrons. The van der Waals surface area contributed by atoms with Crippen LogP contribution >= 0.6 is 56.9 Å². The molecule has 1 saturated carbocycles. The van der Waals surface area contributed by atoms with Gasteiger partial charge in [-0.25, -0.2) is 0 Å². The maximum absolute atomic E-state index is 12.7. The van der Waals surface area contributed by atoms with E-state index in [-0.39, 0.29) is 21.7 Å². The Kier molecular flexibility index (Phi) is 16.6. The van der Waals surface area contributed by atoms with Crippen LogP contribution < -0.4 is 21.7 Å². The van der Waals surface area contributed by atoms with Gasteiger partial charge in [0.2, 0.25) is 0 Å². The van der Waals surface area contributed by atoms with Gasteiger partial charge in [0.1, 0.15) is 0 Å². The lowest BCUT2D eigenvalue weighted by Gasteiger charge is -2.22. The Balaban J connectivity index is 0.000000117. The molecular formula is C68H61ClO4S4. The number of halogens is 1. The summed E-state index contributed by atoms with van der Waals surface area (Å²) in [6, 6.07) is 52.3. The molecule has 0 spiro atoms. The van der Waals surface area contributed by atoms with Crippen LogP contribution in [0.4, 0.5) is 0 Å². The van der Waals surface area contributed by atoms with Gasteiger partial charge in [-0.2, -0.15) is 0 Å². The summed E-state index contributed by atoms with van der Waals surface area (Å²) >= 11 is 13.0. The summed E-state index contributed by atoms with van der Waals surface area (Å²) < 4.78 is 8.60. The van der Waals surface area contributed by atoms with E-state index < -0.39 is 0 Å². The molecule has 0 saturated heterocycles. The standard InChI is InChI=1S/C19H18OS.C17H16OS.C16H13ClOS.C16H14OS/c20-19-15-8-4-5-9-17(15)21-18-11-10-14(12-16(18)19)13-6-2-1-3-7-13;1-3-11-9-12(4-2)17-14(10-11)16(18)13-7-5-6-8-15(13)19-17;1-9(2)10-7-8-12(17)14-15(18)11-5-3-4-6-13(11)19-16(10)14;1-10(2)11-7-8-15-13(9-11)16(17)12-5-3-4-6-14(12)18-15/h4-5,8-13H,1-3,6-7H2;5-10H,3-4H2,1-2H3;3-9H,1-2H3;3-10H,1-2H3. The molecular weight excluding hydrogens is 1040 g/mol. The smallest absolute Gasteiger partial charge is 0.197 e. The molecule has 0 unspecified atom stereocenters. The summed E-state index contributed by atoms with van der Waals surface area (Å²) in [4.78, 5) is 50.4. The van der Waals surface area contributed by atoms with Crippen LogP contribution in [0.25, 0.3) is 80.7 Å². The average molecular weight is 1110 g/mol. The molecule has 4 aromatic heterocycles. The molecule has 4 heterocycles. The predicted octanol–water partition coefficient (Wildman–Crippen LogP) is 19.7. The van der Waals surface area contributed by atoms with Crippen molar-refractivity contribution in [3.8, 4) is 0 Å². The minimum atomic E-state index is 0.0388. The van der Waals surface area contributed by atoms with E-state index in [1.54, 1.807) is 45.3 Å². The van der Waals surface area contributed by atoms with E-state index in [0.717, 1.165) is 88.1 Å². The third kappa shape index (κ3) is 11.2. The third-order valence-electron chi connectivity index (χ3n) is 14.9. The highest BCUT2D eigenvalue weighted by molar-refractivity contribution is 7.25. The lowest BCUT2D eigenvalue weighted by molar-refractivity contribution is 0.444. The lowest BCUT2D eigenvalue weighted by atomic mass is 9.84. The Bertz CT molecular complexity index is 4430. The molecule has 0 atom stereocenters. The zero-order chi connectivity index (χ0) is 53.9. The normalized spacial score (nSPS) is 12.8. The van der Waals surface area contributed by atoms with E-state index in [4.69, 9.17) is 11.6 Å². The molecule has 0 aliphatic heterocycles. The Labute approximate surface area is 469 Å². The van der Waals surface area contributed by atoms with E-state index in [2.05, 4.69) is 84.0 Å². The first-order chi connectivity index (χ1) is 37.3. The van der Waals surface area contributed by atoms with Gasteiger partial charge in [0.15, 0.2) is 21.7 Å². The summed E-state index contributed by atoms with van der Waals surface area (Å²) in [5.74, 6) is 1.47. The van der Waals surface area contributed by atoms with Crippen LogP contribution in [-0.4, -0.2) is 0 Å². The molecule has 13 rings (SSSR count). The molecule has 4 nitrogen and oxygen atoms in total. The van der Waals surface area contributed by atoms with Gasteiger partial charge in [0, 0.05) is 75.3 Å². The highest BCUT2D eigenvalue weighted by atomic mass is 35.5. The van der Waals surface area contributed by atoms with E-state index in [9.17, 15) is 19.2 Å². The second-order valence-electron chi connectivity index (χ2n) is 20.5. The van der Waals surface area contributed by atoms with Crippen molar-refractivity contribution in [3.63, 3.8) is 0 Å². The number of aryl methyl sites for hydroxylation is 2. The number of fused-ring (bicyclic) bond motifs is 8. The number of benzene rings is 8. The second kappa shape index (κ2) is 23.7. The Morgan fingerprint density at radius 3 is 1.45 bits per heavy atom. The molecule has 0 N–H and O–H groups in total. The molecule has 0 radical (unpaired) electrons. The Hall–Kier alpha value is -6.39.